The van der Waals surface area contributed by atoms with E-state index in [9.17, 15) is 4.79 Å². The van der Waals surface area contributed by atoms with Crippen molar-refractivity contribution in [1.82, 2.24) is 20.1 Å². The molecule has 0 saturated carbocycles. The van der Waals surface area contributed by atoms with E-state index in [0.29, 0.717) is 5.56 Å². The van der Waals surface area contributed by atoms with Crippen LogP contribution in [0.1, 0.15) is 41.8 Å². The number of nitrogens with one attached hydrogen (secondary N) is 1. The van der Waals surface area contributed by atoms with Gasteiger partial charge in [-0.25, -0.2) is 0 Å². The van der Waals surface area contributed by atoms with E-state index >= 15 is 0 Å². The van der Waals surface area contributed by atoms with Crippen LogP contribution in [0, 0.1) is 6.92 Å². The fourth-order valence-electron chi connectivity index (χ4n) is 3.16. The van der Waals surface area contributed by atoms with Gasteiger partial charge in [0.05, 0.1) is 4.88 Å². The number of benzene rings is 2. The smallest absolute Gasteiger partial charge is 0.251 e. The molecule has 0 aliphatic rings. The van der Waals surface area contributed by atoms with Gasteiger partial charge in [-0.05, 0) is 61.5 Å². The Labute approximate surface area is 196 Å². The summed E-state index contributed by atoms with van der Waals surface area (Å²) >= 11 is 3.29. The van der Waals surface area contributed by atoms with Gasteiger partial charge >= 0.3 is 0 Å². The van der Waals surface area contributed by atoms with E-state index in [4.69, 9.17) is 0 Å². The molecule has 0 aliphatic carbocycles. The highest BCUT2D eigenvalue weighted by Gasteiger charge is 2.17. The Hall–Kier alpha value is -2.90. The summed E-state index contributed by atoms with van der Waals surface area (Å²) in [6, 6.07) is 20.5. The Morgan fingerprint density at radius 2 is 1.84 bits per heavy atom. The molecular formula is C25H26N4OS2. The van der Waals surface area contributed by atoms with Gasteiger partial charge in [-0.2, -0.15) is 0 Å². The zero-order chi connectivity index (χ0) is 22.5. The van der Waals surface area contributed by atoms with Gasteiger partial charge in [-0.15, -0.1) is 21.5 Å². The molecule has 4 aromatic rings. The van der Waals surface area contributed by atoms with E-state index < -0.39 is 0 Å². The number of thiophene rings is 1. The number of thioether (sulfide) groups is 1. The predicted octanol–water partition coefficient (Wildman–Crippen LogP) is 6.12. The van der Waals surface area contributed by atoms with Crippen molar-refractivity contribution in [3.63, 3.8) is 0 Å². The summed E-state index contributed by atoms with van der Waals surface area (Å²) in [6.45, 7) is 6.15. The maximum absolute atomic E-state index is 12.3. The molecule has 1 N–H and O–H groups in total. The fraction of sp³-hybridized carbons (Fsp3) is 0.240. The average molecular weight is 463 g/mol. The minimum atomic E-state index is -0.0294. The first-order chi connectivity index (χ1) is 15.5. The summed E-state index contributed by atoms with van der Waals surface area (Å²) in [7, 11) is 0. The lowest BCUT2D eigenvalue weighted by Gasteiger charge is -2.12. The molecule has 1 atom stereocenters. The van der Waals surface area contributed by atoms with Crippen molar-refractivity contribution in [1.29, 1.82) is 0 Å². The number of carbonyl (C=O) groups is 1. The Bertz CT molecular complexity index is 1170. The maximum Gasteiger partial charge on any atom is 0.251 e. The number of aryl methyl sites for hydroxylation is 1. The lowest BCUT2D eigenvalue weighted by molar-refractivity contribution is 0.0939. The molecule has 2 aromatic carbocycles. The van der Waals surface area contributed by atoms with E-state index in [1.54, 1.807) is 23.1 Å². The summed E-state index contributed by atoms with van der Waals surface area (Å²) in [6.07, 6.45) is 0.912. The summed E-state index contributed by atoms with van der Waals surface area (Å²) in [5.41, 5.74) is 4.07. The van der Waals surface area contributed by atoms with Gasteiger partial charge in [0.2, 0.25) is 0 Å². The minimum Gasteiger partial charge on any atom is -0.350 e. The van der Waals surface area contributed by atoms with Crippen LogP contribution in [-0.2, 0) is 5.75 Å². The second-order valence-electron chi connectivity index (χ2n) is 7.72. The molecule has 1 amide bonds. The van der Waals surface area contributed by atoms with Gasteiger partial charge in [0, 0.05) is 23.0 Å². The Balaban J connectivity index is 1.53. The number of carbonyl (C=O) groups excluding carboxylic acids is 1. The number of hydrogen-bond donors (Lipinski definition) is 1. The van der Waals surface area contributed by atoms with E-state index in [-0.39, 0.29) is 11.9 Å². The van der Waals surface area contributed by atoms with E-state index in [2.05, 4.69) is 69.6 Å². The fourth-order valence-corrected chi connectivity index (χ4v) is 4.77. The molecule has 0 spiro atoms. The summed E-state index contributed by atoms with van der Waals surface area (Å²) < 4.78 is 2.11. The molecule has 164 valence electrons. The van der Waals surface area contributed by atoms with Gasteiger partial charge in [0.1, 0.15) is 0 Å². The zero-order valence-corrected chi connectivity index (χ0v) is 20.0. The first-order valence-corrected chi connectivity index (χ1v) is 12.5. The SMILES string of the molecule is CC[C@H](C)NC(=O)c1ccc(CSc2nnc(-c3cccs3)n2-c2ccc(C)cc2)cc1. The van der Waals surface area contributed by atoms with Crippen LogP contribution in [0.15, 0.2) is 71.2 Å². The van der Waals surface area contributed by atoms with Crippen LogP contribution < -0.4 is 5.32 Å². The lowest BCUT2D eigenvalue weighted by Crippen LogP contribution is -2.31. The molecule has 2 heterocycles. The maximum atomic E-state index is 12.3. The number of rotatable bonds is 8. The first kappa shape index (κ1) is 22.3. The van der Waals surface area contributed by atoms with Crippen LogP contribution in [0.2, 0.25) is 0 Å². The molecule has 0 saturated heterocycles. The molecule has 5 nitrogen and oxygen atoms in total. The Morgan fingerprint density at radius 1 is 1.09 bits per heavy atom. The highest BCUT2D eigenvalue weighted by molar-refractivity contribution is 7.98. The van der Waals surface area contributed by atoms with E-state index in [0.717, 1.165) is 39.3 Å². The third-order valence-corrected chi connectivity index (χ3v) is 7.11. The molecule has 0 fully saturated rings. The minimum absolute atomic E-state index is 0.0294. The molecule has 0 aliphatic heterocycles. The van der Waals surface area contributed by atoms with Crippen LogP contribution in [0.25, 0.3) is 16.4 Å². The van der Waals surface area contributed by atoms with Gasteiger partial charge in [0.25, 0.3) is 5.91 Å². The van der Waals surface area contributed by atoms with Crippen molar-refractivity contribution in [3.8, 4) is 16.4 Å². The highest BCUT2D eigenvalue weighted by Crippen LogP contribution is 2.31. The normalized spacial score (nSPS) is 12.0. The van der Waals surface area contributed by atoms with Gasteiger partial charge in [0.15, 0.2) is 11.0 Å². The van der Waals surface area contributed by atoms with Crippen LogP contribution in [-0.4, -0.2) is 26.7 Å². The first-order valence-electron chi connectivity index (χ1n) is 10.6. The van der Waals surface area contributed by atoms with Crippen molar-refractivity contribution in [2.24, 2.45) is 0 Å². The van der Waals surface area contributed by atoms with E-state index in [1.807, 2.05) is 37.3 Å². The van der Waals surface area contributed by atoms with Gasteiger partial charge in [-0.1, -0.05) is 54.6 Å². The van der Waals surface area contributed by atoms with Crippen molar-refractivity contribution in [2.45, 2.75) is 44.1 Å². The summed E-state index contributed by atoms with van der Waals surface area (Å²) in [5.74, 6) is 1.56. The summed E-state index contributed by atoms with van der Waals surface area (Å²) in [5, 5.41) is 14.9. The largest absolute Gasteiger partial charge is 0.350 e. The summed E-state index contributed by atoms with van der Waals surface area (Å²) in [4.78, 5) is 13.4. The molecule has 7 heteroatoms. The molecular weight excluding hydrogens is 436 g/mol. The number of amides is 1. The quantitative estimate of drug-likeness (QED) is 0.320. The Morgan fingerprint density at radius 3 is 2.50 bits per heavy atom. The van der Waals surface area contributed by atoms with Crippen LogP contribution in [0.5, 0.6) is 0 Å². The van der Waals surface area contributed by atoms with Crippen molar-refractivity contribution < 1.29 is 4.79 Å². The van der Waals surface area contributed by atoms with Gasteiger partial charge < -0.3 is 5.32 Å². The number of hydrogen-bond acceptors (Lipinski definition) is 5. The monoisotopic (exact) mass is 462 g/mol. The van der Waals surface area contributed by atoms with Crippen LogP contribution in [0.4, 0.5) is 0 Å². The predicted molar refractivity (Wildman–Crippen MR) is 133 cm³/mol. The lowest BCUT2D eigenvalue weighted by atomic mass is 10.1. The number of aromatic nitrogens is 3. The second kappa shape index (κ2) is 10.1. The van der Waals surface area contributed by atoms with Crippen molar-refractivity contribution in [3.05, 3.63) is 82.7 Å². The van der Waals surface area contributed by atoms with Crippen molar-refractivity contribution in [2.75, 3.05) is 0 Å². The average Bonchev–Trinajstić information content (AvgIpc) is 3.48. The standard InChI is InChI=1S/C25H26N4OS2/c1-4-18(3)26-24(30)20-11-9-19(10-12-20)16-32-25-28-27-23(22-6-5-15-31-22)29(25)21-13-7-17(2)8-14-21/h5-15,18H,4,16H2,1-3H3,(H,26,30)/t18-/m0/s1. The number of nitrogens with zero attached hydrogens (tertiary/aromatic N) is 3. The molecule has 2 aromatic heterocycles. The van der Waals surface area contributed by atoms with Gasteiger partial charge in [-0.3, -0.25) is 9.36 Å². The molecule has 32 heavy (non-hydrogen) atoms. The molecule has 0 radical (unpaired) electrons. The second-order valence-corrected chi connectivity index (χ2v) is 9.61. The molecule has 0 unspecified atom stereocenters. The molecule has 4 rings (SSSR count). The zero-order valence-electron chi connectivity index (χ0n) is 18.4. The highest BCUT2D eigenvalue weighted by atomic mass is 32.2. The van der Waals surface area contributed by atoms with Crippen LogP contribution >= 0.6 is 23.1 Å². The van der Waals surface area contributed by atoms with Crippen molar-refractivity contribution >= 4 is 29.0 Å². The molecule has 0 bridgehead atoms. The third kappa shape index (κ3) is 5.11. The topological polar surface area (TPSA) is 59.8 Å². The Kier molecular flexibility index (Phi) is 7.07. The third-order valence-electron chi connectivity index (χ3n) is 5.24. The van der Waals surface area contributed by atoms with E-state index in [1.165, 1.54) is 5.56 Å². The van der Waals surface area contributed by atoms with Crippen LogP contribution in [0.3, 0.4) is 0 Å².